The number of rotatable bonds is 50. The number of esters is 3. The maximum absolute atomic E-state index is 12.8. The van der Waals surface area contributed by atoms with Crippen molar-refractivity contribution in [3.63, 3.8) is 0 Å². The van der Waals surface area contributed by atoms with Crippen LogP contribution >= 0.6 is 0 Å². The Labute approximate surface area is 397 Å². The molecule has 0 amide bonds. The first kappa shape index (κ1) is 61.4. The molecular weight excluding hydrogens is 793 g/mol. The summed E-state index contributed by atoms with van der Waals surface area (Å²) in [6.07, 6.45) is 63.8. The molecule has 0 fully saturated rings. The molecule has 6 nitrogen and oxygen atoms in total. The van der Waals surface area contributed by atoms with Gasteiger partial charge in [0.25, 0.3) is 0 Å². The molecule has 0 aromatic heterocycles. The van der Waals surface area contributed by atoms with Crippen LogP contribution in [0.15, 0.2) is 48.6 Å². The largest absolute Gasteiger partial charge is 0.462 e. The SMILES string of the molecule is CC/C=C\C/C=C\C/C=C\CCCCCCCC(=O)OC[C@H](COC(=O)CCCCCCCCCCCCCC)OC(=O)CCCCCCCCCCC/C=C\CCCCCCCC. The minimum Gasteiger partial charge on any atom is -0.462 e. The number of hydrogen-bond acceptors (Lipinski definition) is 6. The Morgan fingerprint density at radius 1 is 0.328 bits per heavy atom. The Kier molecular flexibility index (Phi) is 50.8. The van der Waals surface area contributed by atoms with Crippen LogP contribution in [0.4, 0.5) is 0 Å². The monoisotopic (exact) mass is 897 g/mol. The summed E-state index contributed by atoms with van der Waals surface area (Å²) >= 11 is 0. The number of carbonyl (C=O) groups excluding carboxylic acids is 3. The van der Waals surface area contributed by atoms with Crippen molar-refractivity contribution in [2.75, 3.05) is 13.2 Å². The van der Waals surface area contributed by atoms with Crippen LogP contribution in [0.1, 0.15) is 284 Å². The Morgan fingerprint density at radius 2 is 0.609 bits per heavy atom. The van der Waals surface area contributed by atoms with E-state index in [4.69, 9.17) is 14.2 Å². The summed E-state index contributed by atoms with van der Waals surface area (Å²) in [6, 6.07) is 0. The fourth-order valence-electron chi connectivity index (χ4n) is 7.92. The standard InChI is InChI=1S/C58H104O6/c1-4-7-10-13-16-19-22-25-27-28-29-30-32-34-37-40-43-46-49-52-58(61)64-55(53-62-56(59)50-47-44-41-38-35-24-21-18-15-12-9-6-3)54-63-57(60)51-48-45-42-39-36-33-31-26-23-20-17-14-11-8-5-2/h8,11,17,20,25-27,31,55H,4-7,9-10,12-16,18-19,21-24,28-30,32-54H2,1-3H3/b11-8-,20-17-,27-25-,31-26-/t55-/m0/s1. The molecule has 0 bridgehead atoms. The first-order chi connectivity index (χ1) is 31.5. The fraction of sp³-hybridized carbons (Fsp3) is 0.810. The first-order valence-corrected chi connectivity index (χ1v) is 27.6. The van der Waals surface area contributed by atoms with Crippen molar-refractivity contribution in [3.05, 3.63) is 48.6 Å². The van der Waals surface area contributed by atoms with E-state index in [1.165, 1.54) is 148 Å². The van der Waals surface area contributed by atoms with Gasteiger partial charge in [0.2, 0.25) is 0 Å². The van der Waals surface area contributed by atoms with E-state index in [1.807, 2.05) is 0 Å². The van der Waals surface area contributed by atoms with E-state index in [0.717, 1.165) is 96.3 Å². The fourth-order valence-corrected chi connectivity index (χ4v) is 7.92. The van der Waals surface area contributed by atoms with E-state index >= 15 is 0 Å². The lowest BCUT2D eigenvalue weighted by Crippen LogP contribution is -2.30. The van der Waals surface area contributed by atoms with Crippen LogP contribution in [0.2, 0.25) is 0 Å². The Bertz CT molecular complexity index is 1120. The molecule has 0 N–H and O–H groups in total. The van der Waals surface area contributed by atoms with Gasteiger partial charge in [-0.15, -0.1) is 0 Å². The van der Waals surface area contributed by atoms with E-state index < -0.39 is 6.10 Å². The van der Waals surface area contributed by atoms with E-state index in [2.05, 4.69) is 69.4 Å². The highest BCUT2D eigenvalue weighted by molar-refractivity contribution is 5.71. The Morgan fingerprint density at radius 3 is 0.969 bits per heavy atom. The zero-order valence-corrected chi connectivity index (χ0v) is 42.6. The van der Waals surface area contributed by atoms with Gasteiger partial charge in [-0.2, -0.15) is 0 Å². The minimum atomic E-state index is -0.778. The van der Waals surface area contributed by atoms with Crippen LogP contribution in [-0.4, -0.2) is 37.2 Å². The molecule has 0 aliphatic heterocycles. The van der Waals surface area contributed by atoms with Gasteiger partial charge < -0.3 is 14.2 Å². The minimum absolute atomic E-state index is 0.0768. The third kappa shape index (κ3) is 50.4. The van der Waals surface area contributed by atoms with E-state index in [0.29, 0.717) is 19.3 Å². The first-order valence-electron chi connectivity index (χ1n) is 27.6. The van der Waals surface area contributed by atoms with Crippen LogP contribution in [0.3, 0.4) is 0 Å². The lowest BCUT2D eigenvalue weighted by molar-refractivity contribution is -0.167. The highest BCUT2D eigenvalue weighted by atomic mass is 16.6. The van der Waals surface area contributed by atoms with Gasteiger partial charge in [0, 0.05) is 19.3 Å². The normalized spacial score (nSPS) is 12.4. The molecule has 1 atom stereocenters. The predicted molar refractivity (Wildman–Crippen MR) is 275 cm³/mol. The molecule has 0 heterocycles. The highest BCUT2D eigenvalue weighted by Crippen LogP contribution is 2.16. The van der Waals surface area contributed by atoms with Gasteiger partial charge in [-0.3, -0.25) is 14.4 Å². The lowest BCUT2D eigenvalue weighted by atomic mass is 10.0. The van der Waals surface area contributed by atoms with Gasteiger partial charge >= 0.3 is 17.9 Å². The summed E-state index contributed by atoms with van der Waals surface area (Å²) in [7, 11) is 0. The zero-order chi connectivity index (χ0) is 46.5. The average Bonchev–Trinajstić information content (AvgIpc) is 3.29. The Hall–Kier alpha value is -2.63. The molecule has 64 heavy (non-hydrogen) atoms. The van der Waals surface area contributed by atoms with E-state index in [-0.39, 0.29) is 31.1 Å². The van der Waals surface area contributed by atoms with Crippen LogP contribution in [0.25, 0.3) is 0 Å². The van der Waals surface area contributed by atoms with Gasteiger partial charge in [-0.25, -0.2) is 0 Å². The van der Waals surface area contributed by atoms with Crippen LogP contribution in [0, 0.1) is 0 Å². The number of unbranched alkanes of at least 4 members (excludes halogenated alkanes) is 31. The average molecular weight is 897 g/mol. The molecule has 0 spiro atoms. The molecule has 0 unspecified atom stereocenters. The number of ether oxygens (including phenoxy) is 3. The quantitative estimate of drug-likeness (QED) is 0.0262. The van der Waals surface area contributed by atoms with Gasteiger partial charge in [-0.05, 0) is 77.0 Å². The van der Waals surface area contributed by atoms with E-state index in [1.54, 1.807) is 0 Å². The van der Waals surface area contributed by atoms with Crippen molar-refractivity contribution in [1.29, 1.82) is 0 Å². The Balaban J connectivity index is 4.35. The molecule has 6 heteroatoms. The molecule has 372 valence electrons. The summed E-state index contributed by atoms with van der Waals surface area (Å²) in [6.45, 7) is 6.53. The van der Waals surface area contributed by atoms with Crippen molar-refractivity contribution in [2.45, 2.75) is 290 Å². The van der Waals surface area contributed by atoms with Gasteiger partial charge in [0.15, 0.2) is 6.10 Å². The van der Waals surface area contributed by atoms with Crippen LogP contribution < -0.4 is 0 Å². The molecule has 0 rings (SSSR count). The topological polar surface area (TPSA) is 78.9 Å². The molecule has 0 saturated carbocycles. The number of hydrogen-bond donors (Lipinski definition) is 0. The maximum atomic E-state index is 12.8. The second kappa shape index (κ2) is 53.0. The summed E-state index contributed by atoms with van der Waals surface area (Å²) in [5.74, 6) is -0.885. The second-order valence-electron chi connectivity index (χ2n) is 18.5. The van der Waals surface area contributed by atoms with Gasteiger partial charge in [0.05, 0.1) is 0 Å². The van der Waals surface area contributed by atoms with Crippen LogP contribution in [-0.2, 0) is 28.6 Å². The van der Waals surface area contributed by atoms with Crippen molar-refractivity contribution < 1.29 is 28.6 Å². The van der Waals surface area contributed by atoms with Gasteiger partial charge in [-0.1, -0.05) is 236 Å². The van der Waals surface area contributed by atoms with Crippen molar-refractivity contribution in [2.24, 2.45) is 0 Å². The number of allylic oxidation sites excluding steroid dienone is 8. The summed E-state index contributed by atoms with van der Waals surface area (Å²) in [5, 5.41) is 0. The molecule has 0 aliphatic carbocycles. The van der Waals surface area contributed by atoms with Crippen molar-refractivity contribution in [3.8, 4) is 0 Å². The summed E-state index contributed by atoms with van der Waals surface area (Å²) in [4.78, 5) is 38.0. The molecular formula is C58H104O6. The smallest absolute Gasteiger partial charge is 0.306 e. The summed E-state index contributed by atoms with van der Waals surface area (Å²) < 4.78 is 16.8. The highest BCUT2D eigenvalue weighted by Gasteiger charge is 2.19. The van der Waals surface area contributed by atoms with Crippen molar-refractivity contribution in [1.82, 2.24) is 0 Å². The molecule has 0 aliphatic rings. The zero-order valence-electron chi connectivity index (χ0n) is 42.6. The number of carbonyl (C=O) groups is 3. The third-order valence-corrected chi connectivity index (χ3v) is 12.1. The van der Waals surface area contributed by atoms with Crippen LogP contribution in [0.5, 0.6) is 0 Å². The van der Waals surface area contributed by atoms with Gasteiger partial charge in [0.1, 0.15) is 13.2 Å². The second-order valence-corrected chi connectivity index (χ2v) is 18.5. The maximum Gasteiger partial charge on any atom is 0.306 e. The molecule has 0 saturated heterocycles. The molecule has 0 radical (unpaired) electrons. The van der Waals surface area contributed by atoms with Crippen molar-refractivity contribution >= 4 is 17.9 Å². The molecule has 0 aromatic rings. The third-order valence-electron chi connectivity index (χ3n) is 12.1. The summed E-state index contributed by atoms with van der Waals surface area (Å²) in [5.41, 5.74) is 0. The lowest BCUT2D eigenvalue weighted by Gasteiger charge is -2.18. The predicted octanol–water partition coefficient (Wildman–Crippen LogP) is 18.3. The molecule has 0 aromatic carbocycles. The van der Waals surface area contributed by atoms with E-state index in [9.17, 15) is 14.4 Å².